The van der Waals surface area contributed by atoms with E-state index >= 15 is 0 Å². The number of benzene rings is 1. The summed E-state index contributed by atoms with van der Waals surface area (Å²) in [6, 6.07) is 6.58. The van der Waals surface area contributed by atoms with Gasteiger partial charge in [0.15, 0.2) is 0 Å². The SMILES string of the molecule is CNc1cc(CCCS)ccc1C. The zero-order valence-corrected chi connectivity index (χ0v) is 9.20. The van der Waals surface area contributed by atoms with Gasteiger partial charge in [0.25, 0.3) is 0 Å². The molecule has 13 heavy (non-hydrogen) atoms. The highest BCUT2D eigenvalue weighted by Gasteiger charge is 1.97. The Bertz CT molecular complexity index is 271. The van der Waals surface area contributed by atoms with Crippen LogP contribution in [-0.4, -0.2) is 12.8 Å². The van der Waals surface area contributed by atoms with E-state index in [2.05, 4.69) is 43.1 Å². The third-order valence-corrected chi connectivity index (χ3v) is 2.51. The van der Waals surface area contributed by atoms with Crippen LogP contribution in [0.2, 0.25) is 0 Å². The lowest BCUT2D eigenvalue weighted by Gasteiger charge is -2.07. The molecule has 0 unspecified atom stereocenters. The minimum Gasteiger partial charge on any atom is -0.388 e. The van der Waals surface area contributed by atoms with Gasteiger partial charge < -0.3 is 5.32 Å². The van der Waals surface area contributed by atoms with Crippen molar-refractivity contribution in [2.75, 3.05) is 18.1 Å². The topological polar surface area (TPSA) is 12.0 Å². The second-order valence-electron chi connectivity index (χ2n) is 3.23. The summed E-state index contributed by atoms with van der Waals surface area (Å²) in [4.78, 5) is 0. The predicted octanol–water partition coefficient (Wildman–Crippen LogP) is 2.90. The van der Waals surface area contributed by atoms with Gasteiger partial charge in [-0.1, -0.05) is 12.1 Å². The smallest absolute Gasteiger partial charge is 0.0370 e. The summed E-state index contributed by atoms with van der Waals surface area (Å²) in [7, 11) is 1.96. The van der Waals surface area contributed by atoms with Gasteiger partial charge in [0, 0.05) is 12.7 Å². The Balaban J connectivity index is 2.74. The molecule has 72 valence electrons. The summed E-state index contributed by atoms with van der Waals surface area (Å²) in [6.45, 7) is 2.12. The van der Waals surface area contributed by atoms with E-state index in [-0.39, 0.29) is 0 Å². The van der Waals surface area contributed by atoms with Crippen molar-refractivity contribution in [2.45, 2.75) is 19.8 Å². The minimum atomic E-state index is 0.961. The number of aryl methyl sites for hydroxylation is 2. The lowest BCUT2D eigenvalue weighted by Crippen LogP contribution is -1.94. The number of nitrogens with one attached hydrogen (secondary N) is 1. The van der Waals surface area contributed by atoms with Gasteiger partial charge in [0.05, 0.1) is 0 Å². The van der Waals surface area contributed by atoms with Crippen molar-refractivity contribution in [2.24, 2.45) is 0 Å². The lowest BCUT2D eigenvalue weighted by molar-refractivity contribution is 0.935. The number of thiol groups is 1. The Morgan fingerprint density at radius 1 is 1.38 bits per heavy atom. The lowest BCUT2D eigenvalue weighted by atomic mass is 10.1. The van der Waals surface area contributed by atoms with Crippen LogP contribution < -0.4 is 5.32 Å². The fraction of sp³-hybridized carbons (Fsp3) is 0.455. The largest absolute Gasteiger partial charge is 0.388 e. The Hall–Kier alpha value is -0.630. The first-order chi connectivity index (χ1) is 6.27. The quantitative estimate of drug-likeness (QED) is 0.704. The first kappa shape index (κ1) is 10.5. The second kappa shape index (κ2) is 5.18. The molecule has 0 aliphatic rings. The zero-order chi connectivity index (χ0) is 9.68. The fourth-order valence-corrected chi connectivity index (χ4v) is 1.54. The molecule has 0 fully saturated rings. The average molecular weight is 195 g/mol. The standard InChI is InChI=1S/C11H17NS/c1-9-5-6-10(4-3-7-13)8-11(9)12-2/h5-6,8,12-13H,3-4,7H2,1-2H3. The second-order valence-corrected chi connectivity index (χ2v) is 3.67. The Morgan fingerprint density at radius 3 is 2.77 bits per heavy atom. The van der Waals surface area contributed by atoms with Crippen molar-refractivity contribution in [1.29, 1.82) is 0 Å². The van der Waals surface area contributed by atoms with Crippen LogP contribution in [0, 0.1) is 6.92 Å². The van der Waals surface area contributed by atoms with E-state index < -0.39 is 0 Å². The molecule has 1 nitrogen and oxygen atoms in total. The van der Waals surface area contributed by atoms with Crippen LogP contribution >= 0.6 is 12.6 Å². The Kier molecular flexibility index (Phi) is 4.16. The van der Waals surface area contributed by atoms with Gasteiger partial charge in [-0.15, -0.1) is 0 Å². The van der Waals surface area contributed by atoms with Crippen LogP contribution in [0.25, 0.3) is 0 Å². The minimum absolute atomic E-state index is 0.961. The van der Waals surface area contributed by atoms with Crippen molar-refractivity contribution in [1.82, 2.24) is 0 Å². The number of hydrogen-bond donors (Lipinski definition) is 2. The van der Waals surface area contributed by atoms with Crippen LogP contribution in [0.5, 0.6) is 0 Å². The van der Waals surface area contributed by atoms with E-state index in [0.29, 0.717) is 0 Å². The van der Waals surface area contributed by atoms with E-state index in [1.54, 1.807) is 0 Å². The maximum absolute atomic E-state index is 4.20. The van der Waals surface area contributed by atoms with Gasteiger partial charge >= 0.3 is 0 Å². The van der Waals surface area contributed by atoms with Crippen LogP contribution in [0.1, 0.15) is 17.5 Å². The van der Waals surface area contributed by atoms with Gasteiger partial charge in [0.1, 0.15) is 0 Å². The summed E-state index contributed by atoms with van der Waals surface area (Å²) in [5, 5.41) is 3.19. The van der Waals surface area contributed by atoms with E-state index in [9.17, 15) is 0 Å². The molecule has 1 rings (SSSR count). The third kappa shape index (κ3) is 2.96. The van der Waals surface area contributed by atoms with E-state index in [4.69, 9.17) is 0 Å². The molecule has 0 radical (unpaired) electrons. The van der Waals surface area contributed by atoms with Gasteiger partial charge in [0.2, 0.25) is 0 Å². The van der Waals surface area contributed by atoms with Crippen molar-refractivity contribution in [3.05, 3.63) is 29.3 Å². The summed E-state index contributed by atoms with van der Waals surface area (Å²) in [6.07, 6.45) is 2.27. The molecule has 0 amide bonds. The molecule has 0 bridgehead atoms. The fourth-order valence-electron chi connectivity index (χ4n) is 1.38. The highest BCUT2D eigenvalue weighted by molar-refractivity contribution is 7.80. The number of rotatable bonds is 4. The molecule has 1 aromatic carbocycles. The van der Waals surface area contributed by atoms with E-state index in [0.717, 1.165) is 18.6 Å². The summed E-state index contributed by atoms with van der Waals surface area (Å²) >= 11 is 4.20. The van der Waals surface area contributed by atoms with Gasteiger partial charge in [-0.2, -0.15) is 12.6 Å². The van der Waals surface area contributed by atoms with Crippen LogP contribution in [-0.2, 0) is 6.42 Å². The summed E-state index contributed by atoms with van der Waals surface area (Å²) in [5.41, 5.74) is 3.93. The first-order valence-electron chi connectivity index (χ1n) is 4.66. The molecule has 1 N–H and O–H groups in total. The number of anilines is 1. The highest BCUT2D eigenvalue weighted by atomic mass is 32.1. The van der Waals surface area contributed by atoms with Crippen molar-refractivity contribution >= 4 is 18.3 Å². The molecule has 0 saturated heterocycles. The van der Waals surface area contributed by atoms with Gasteiger partial charge in [-0.05, 0) is 42.7 Å². The molecule has 0 aromatic heterocycles. The van der Waals surface area contributed by atoms with Crippen molar-refractivity contribution in [3.63, 3.8) is 0 Å². The third-order valence-electron chi connectivity index (χ3n) is 2.19. The Morgan fingerprint density at radius 2 is 2.15 bits per heavy atom. The molecular weight excluding hydrogens is 178 g/mol. The average Bonchev–Trinajstić information content (AvgIpc) is 2.16. The maximum atomic E-state index is 4.20. The van der Waals surface area contributed by atoms with E-state index in [1.165, 1.54) is 16.8 Å². The number of hydrogen-bond acceptors (Lipinski definition) is 2. The van der Waals surface area contributed by atoms with Crippen LogP contribution in [0.15, 0.2) is 18.2 Å². The normalized spacial score (nSPS) is 10.1. The molecule has 0 atom stereocenters. The molecule has 2 heteroatoms. The Labute approximate surface area is 86.0 Å². The molecule has 0 aliphatic heterocycles. The predicted molar refractivity (Wildman–Crippen MR) is 62.9 cm³/mol. The molecule has 0 saturated carbocycles. The van der Waals surface area contributed by atoms with E-state index in [1.807, 2.05) is 7.05 Å². The van der Waals surface area contributed by atoms with Gasteiger partial charge in [-0.25, -0.2) is 0 Å². The van der Waals surface area contributed by atoms with Crippen LogP contribution in [0.3, 0.4) is 0 Å². The monoisotopic (exact) mass is 195 g/mol. The van der Waals surface area contributed by atoms with Crippen molar-refractivity contribution < 1.29 is 0 Å². The highest BCUT2D eigenvalue weighted by Crippen LogP contribution is 2.17. The molecule has 0 heterocycles. The molecule has 1 aromatic rings. The maximum Gasteiger partial charge on any atom is 0.0370 e. The molecule has 0 aliphatic carbocycles. The summed E-state index contributed by atoms with van der Waals surface area (Å²) in [5.74, 6) is 0.961. The van der Waals surface area contributed by atoms with Crippen LogP contribution in [0.4, 0.5) is 5.69 Å². The van der Waals surface area contributed by atoms with Crippen molar-refractivity contribution in [3.8, 4) is 0 Å². The first-order valence-corrected chi connectivity index (χ1v) is 5.29. The molecule has 0 spiro atoms. The zero-order valence-electron chi connectivity index (χ0n) is 8.30. The summed E-state index contributed by atoms with van der Waals surface area (Å²) < 4.78 is 0. The molecular formula is C11H17NS. The van der Waals surface area contributed by atoms with Gasteiger partial charge in [-0.3, -0.25) is 0 Å².